The average molecular weight is 223 g/mol. The lowest BCUT2D eigenvalue weighted by molar-refractivity contribution is 1.24. The fourth-order valence-corrected chi connectivity index (χ4v) is 2.10. The number of benzene rings is 1. The minimum Gasteiger partial charge on any atom is -0.337 e. The van der Waals surface area contributed by atoms with Gasteiger partial charge in [-0.3, -0.25) is 4.98 Å². The molecule has 3 heteroatoms. The molecule has 0 aliphatic rings. The number of imidazole rings is 1. The Kier molecular flexibility index (Phi) is 2.18. The van der Waals surface area contributed by atoms with Gasteiger partial charge in [0.2, 0.25) is 0 Å². The van der Waals surface area contributed by atoms with Crippen LogP contribution in [0.2, 0.25) is 0 Å². The summed E-state index contributed by atoms with van der Waals surface area (Å²) >= 11 is 0. The van der Waals surface area contributed by atoms with Gasteiger partial charge in [-0.05, 0) is 43.2 Å². The summed E-state index contributed by atoms with van der Waals surface area (Å²) in [6, 6.07) is 10.1. The van der Waals surface area contributed by atoms with E-state index in [-0.39, 0.29) is 0 Å². The molecule has 1 aromatic carbocycles. The van der Waals surface area contributed by atoms with Gasteiger partial charge in [0.1, 0.15) is 5.69 Å². The van der Waals surface area contributed by atoms with E-state index in [0.29, 0.717) is 0 Å². The number of hydrogen-bond acceptors (Lipinski definition) is 2. The van der Waals surface area contributed by atoms with Crippen LogP contribution < -0.4 is 0 Å². The van der Waals surface area contributed by atoms with Crippen molar-refractivity contribution in [2.24, 2.45) is 0 Å². The molecule has 0 radical (unpaired) electrons. The molecule has 1 N–H and O–H groups in total. The molecule has 0 aliphatic heterocycles. The van der Waals surface area contributed by atoms with Crippen molar-refractivity contribution in [3.05, 3.63) is 47.7 Å². The summed E-state index contributed by atoms with van der Waals surface area (Å²) in [5.41, 5.74) is 5.41. The first-order valence-corrected chi connectivity index (χ1v) is 5.62. The van der Waals surface area contributed by atoms with Gasteiger partial charge in [-0.1, -0.05) is 12.1 Å². The SMILES string of the molecule is Cc1cc(C)c2nc(-c3ccccn3)[nH]c2c1. The number of H-pyrrole nitrogens is 1. The normalized spacial score (nSPS) is 10.9. The first-order chi connectivity index (χ1) is 8.24. The molecule has 0 bridgehead atoms. The highest BCUT2D eigenvalue weighted by molar-refractivity contribution is 5.82. The number of nitrogens with zero attached hydrogens (tertiary/aromatic N) is 2. The summed E-state index contributed by atoms with van der Waals surface area (Å²) < 4.78 is 0. The van der Waals surface area contributed by atoms with Crippen LogP contribution in [-0.2, 0) is 0 Å². The van der Waals surface area contributed by atoms with Crippen molar-refractivity contribution < 1.29 is 0 Å². The first-order valence-electron chi connectivity index (χ1n) is 5.62. The van der Waals surface area contributed by atoms with Crippen molar-refractivity contribution >= 4 is 11.0 Å². The number of aromatic amines is 1. The standard InChI is InChI=1S/C14H13N3/c1-9-7-10(2)13-12(8-9)16-14(17-13)11-5-3-4-6-15-11/h3-8H,1-2H3,(H,16,17). The van der Waals surface area contributed by atoms with Crippen molar-refractivity contribution in [2.45, 2.75) is 13.8 Å². The maximum atomic E-state index is 4.61. The topological polar surface area (TPSA) is 41.6 Å². The minimum absolute atomic E-state index is 0.828. The van der Waals surface area contributed by atoms with E-state index in [1.54, 1.807) is 6.20 Å². The maximum Gasteiger partial charge on any atom is 0.157 e. The predicted molar refractivity (Wildman–Crippen MR) is 68.8 cm³/mol. The fraction of sp³-hybridized carbons (Fsp3) is 0.143. The molecule has 84 valence electrons. The third-order valence-electron chi connectivity index (χ3n) is 2.83. The average Bonchev–Trinajstić information content (AvgIpc) is 2.74. The molecule has 0 spiro atoms. The van der Waals surface area contributed by atoms with Gasteiger partial charge >= 0.3 is 0 Å². The Morgan fingerprint density at radius 3 is 2.76 bits per heavy atom. The Bertz CT molecular complexity index is 669. The molecule has 2 heterocycles. The Labute approximate surface area is 99.5 Å². The summed E-state index contributed by atoms with van der Waals surface area (Å²) in [4.78, 5) is 12.2. The molecule has 0 atom stereocenters. The Morgan fingerprint density at radius 1 is 1.12 bits per heavy atom. The summed E-state index contributed by atoms with van der Waals surface area (Å²) in [5, 5.41) is 0. The van der Waals surface area contributed by atoms with Gasteiger partial charge in [-0.25, -0.2) is 4.98 Å². The van der Waals surface area contributed by atoms with Crippen molar-refractivity contribution in [2.75, 3.05) is 0 Å². The molecule has 0 amide bonds. The number of aryl methyl sites for hydroxylation is 2. The van der Waals surface area contributed by atoms with Gasteiger partial charge < -0.3 is 4.98 Å². The summed E-state index contributed by atoms with van der Waals surface area (Å²) in [5.74, 6) is 0.828. The van der Waals surface area contributed by atoms with Gasteiger partial charge in [0.15, 0.2) is 5.82 Å². The van der Waals surface area contributed by atoms with Crippen LogP contribution in [0.3, 0.4) is 0 Å². The van der Waals surface area contributed by atoms with Gasteiger partial charge in [0, 0.05) is 6.20 Å². The molecule has 3 nitrogen and oxygen atoms in total. The molecule has 0 fully saturated rings. The van der Waals surface area contributed by atoms with Crippen LogP contribution in [0.1, 0.15) is 11.1 Å². The van der Waals surface area contributed by atoms with Gasteiger partial charge in [-0.2, -0.15) is 0 Å². The van der Waals surface area contributed by atoms with Crippen LogP contribution in [0.4, 0.5) is 0 Å². The summed E-state index contributed by atoms with van der Waals surface area (Å²) in [7, 11) is 0. The van der Waals surface area contributed by atoms with E-state index in [9.17, 15) is 0 Å². The number of pyridine rings is 1. The highest BCUT2D eigenvalue weighted by Crippen LogP contribution is 2.22. The van der Waals surface area contributed by atoms with Crippen LogP contribution in [0.5, 0.6) is 0 Å². The second-order valence-corrected chi connectivity index (χ2v) is 4.28. The zero-order valence-corrected chi connectivity index (χ0v) is 9.86. The van der Waals surface area contributed by atoms with E-state index < -0.39 is 0 Å². The number of nitrogens with one attached hydrogen (secondary N) is 1. The molecule has 0 saturated heterocycles. The third-order valence-corrected chi connectivity index (χ3v) is 2.83. The second-order valence-electron chi connectivity index (χ2n) is 4.28. The molecule has 0 aliphatic carbocycles. The molecule has 3 aromatic rings. The van der Waals surface area contributed by atoms with Crippen molar-refractivity contribution in [1.82, 2.24) is 15.0 Å². The van der Waals surface area contributed by atoms with Gasteiger partial charge in [-0.15, -0.1) is 0 Å². The highest BCUT2D eigenvalue weighted by Gasteiger charge is 2.08. The van der Waals surface area contributed by atoms with E-state index in [2.05, 4.69) is 40.9 Å². The van der Waals surface area contributed by atoms with E-state index in [4.69, 9.17) is 0 Å². The van der Waals surface area contributed by atoms with E-state index in [0.717, 1.165) is 22.6 Å². The lowest BCUT2D eigenvalue weighted by atomic mass is 10.1. The van der Waals surface area contributed by atoms with E-state index in [1.807, 2.05) is 18.2 Å². The maximum absolute atomic E-state index is 4.61. The number of hydrogen-bond donors (Lipinski definition) is 1. The number of aromatic nitrogens is 3. The van der Waals surface area contributed by atoms with Gasteiger partial charge in [0.05, 0.1) is 11.0 Å². The van der Waals surface area contributed by atoms with Crippen LogP contribution in [-0.4, -0.2) is 15.0 Å². The minimum atomic E-state index is 0.828. The molecule has 0 saturated carbocycles. The zero-order chi connectivity index (χ0) is 11.8. The molecular weight excluding hydrogens is 210 g/mol. The molecule has 17 heavy (non-hydrogen) atoms. The Hall–Kier alpha value is -2.16. The lowest BCUT2D eigenvalue weighted by Crippen LogP contribution is -1.83. The van der Waals surface area contributed by atoms with Crippen molar-refractivity contribution in [1.29, 1.82) is 0 Å². The number of rotatable bonds is 1. The van der Waals surface area contributed by atoms with Crippen LogP contribution in [0.25, 0.3) is 22.6 Å². The fourth-order valence-electron chi connectivity index (χ4n) is 2.10. The summed E-state index contributed by atoms with van der Waals surface area (Å²) in [6.45, 7) is 4.17. The predicted octanol–water partition coefficient (Wildman–Crippen LogP) is 3.24. The highest BCUT2D eigenvalue weighted by atomic mass is 14.9. The second kappa shape index (κ2) is 3.70. The van der Waals surface area contributed by atoms with Gasteiger partial charge in [0.25, 0.3) is 0 Å². The number of fused-ring (bicyclic) bond motifs is 1. The zero-order valence-electron chi connectivity index (χ0n) is 9.86. The Morgan fingerprint density at radius 2 is 2.00 bits per heavy atom. The molecule has 2 aromatic heterocycles. The Balaban J connectivity index is 2.24. The van der Waals surface area contributed by atoms with Crippen molar-refractivity contribution in [3.8, 4) is 11.5 Å². The summed E-state index contributed by atoms with van der Waals surface area (Å²) in [6.07, 6.45) is 1.78. The smallest absolute Gasteiger partial charge is 0.157 e. The first kappa shape index (κ1) is 10.0. The van der Waals surface area contributed by atoms with Crippen molar-refractivity contribution in [3.63, 3.8) is 0 Å². The quantitative estimate of drug-likeness (QED) is 0.688. The van der Waals surface area contributed by atoms with E-state index >= 15 is 0 Å². The lowest BCUT2D eigenvalue weighted by Gasteiger charge is -1.96. The van der Waals surface area contributed by atoms with Crippen LogP contribution in [0.15, 0.2) is 36.5 Å². The third kappa shape index (κ3) is 1.69. The largest absolute Gasteiger partial charge is 0.337 e. The van der Waals surface area contributed by atoms with E-state index in [1.165, 1.54) is 11.1 Å². The molecular formula is C14H13N3. The molecule has 3 rings (SSSR count). The van der Waals surface area contributed by atoms with Crippen LogP contribution in [0, 0.1) is 13.8 Å². The van der Waals surface area contributed by atoms with Crippen LogP contribution >= 0.6 is 0 Å². The molecule has 0 unspecified atom stereocenters. The monoisotopic (exact) mass is 223 g/mol.